The van der Waals surface area contributed by atoms with Gasteiger partial charge in [0.2, 0.25) is 0 Å². The second-order valence-corrected chi connectivity index (χ2v) is 10.8. The Balaban J connectivity index is 1.52. The zero-order valence-corrected chi connectivity index (χ0v) is 21.4. The van der Waals surface area contributed by atoms with Crippen LogP contribution in [0.25, 0.3) is 0 Å². The summed E-state index contributed by atoms with van der Waals surface area (Å²) in [5.41, 5.74) is 7.51. The van der Waals surface area contributed by atoms with Gasteiger partial charge < -0.3 is 9.80 Å². The highest BCUT2D eigenvalue weighted by molar-refractivity contribution is 5.78. The molecule has 0 saturated heterocycles. The molecule has 0 N–H and O–H groups in total. The molecule has 0 aromatic heterocycles. The minimum absolute atomic E-state index is 0.136. The Morgan fingerprint density at radius 2 is 0.971 bits per heavy atom. The van der Waals surface area contributed by atoms with Gasteiger partial charge in [-0.3, -0.25) is 0 Å². The maximum absolute atomic E-state index is 2.53. The number of anilines is 5. The summed E-state index contributed by atoms with van der Waals surface area (Å²) in [7, 11) is 0. The first kappa shape index (κ1) is 23.2. The summed E-state index contributed by atoms with van der Waals surface area (Å²) in [4.78, 5) is 4.87. The van der Waals surface area contributed by atoms with Gasteiger partial charge in [0.05, 0.1) is 0 Å². The number of benzene rings is 4. The van der Waals surface area contributed by atoms with Gasteiger partial charge in [0.15, 0.2) is 0 Å². The molecule has 2 heteroatoms. The lowest BCUT2D eigenvalue weighted by Crippen LogP contribution is -2.43. The molecule has 4 aromatic rings. The minimum Gasteiger partial charge on any atom is -0.338 e. The molecule has 0 aliphatic heterocycles. The molecule has 2 nitrogen and oxygen atoms in total. The molecule has 1 aliphatic carbocycles. The fourth-order valence-electron chi connectivity index (χ4n) is 5.05. The molecule has 0 radical (unpaired) electrons. The lowest BCUT2D eigenvalue weighted by atomic mass is 9.79. The maximum Gasteiger partial charge on any atom is 0.0463 e. The van der Waals surface area contributed by atoms with Crippen LogP contribution in [-0.4, -0.2) is 6.04 Å². The molecule has 5 rings (SSSR count). The summed E-state index contributed by atoms with van der Waals surface area (Å²) in [6.07, 6.45) is 2.55. The first-order valence-corrected chi connectivity index (χ1v) is 12.8. The number of hydrogen-bond acceptors (Lipinski definition) is 2. The van der Waals surface area contributed by atoms with E-state index in [2.05, 4.69) is 147 Å². The fraction of sp³-hybridized carbons (Fsp3) is 0.273. The van der Waals surface area contributed by atoms with Gasteiger partial charge in [-0.25, -0.2) is 0 Å². The normalized spacial score (nSPS) is 17.5. The molecule has 1 saturated carbocycles. The summed E-state index contributed by atoms with van der Waals surface area (Å²) >= 11 is 0. The Morgan fingerprint density at radius 3 is 1.43 bits per heavy atom. The van der Waals surface area contributed by atoms with E-state index in [0.717, 1.165) is 11.4 Å². The third-order valence-corrected chi connectivity index (χ3v) is 7.33. The van der Waals surface area contributed by atoms with Gasteiger partial charge in [-0.15, -0.1) is 0 Å². The van der Waals surface area contributed by atoms with Crippen LogP contribution in [0.15, 0.2) is 109 Å². The molecule has 35 heavy (non-hydrogen) atoms. The highest BCUT2D eigenvalue weighted by atomic mass is 15.2. The lowest BCUT2D eigenvalue weighted by molar-refractivity contribution is 0.279. The van der Waals surface area contributed by atoms with Gasteiger partial charge in [-0.05, 0) is 90.4 Å². The third kappa shape index (κ3) is 4.84. The lowest BCUT2D eigenvalue weighted by Gasteiger charge is -2.44. The van der Waals surface area contributed by atoms with Crippen molar-refractivity contribution >= 4 is 28.4 Å². The van der Waals surface area contributed by atoms with E-state index in [1.807, 2.05) is 0 Å². The van der Waals surface area contributed by atoms with Gasteiger partial charge in [-0.1, -0.05) is 76.2 Å². The standard InChI is InChI=1S/C33H36N2/c1-25-15-24-32(25)35(28-13-9-6-10-14-28)31-22-20-30(21-23-31)34(27-11-7-5-8-12-27)29-18-16-26(17-19-29)33(2,3)4/h5-14,16-23,25,32H,15,24H2,1-4H3/t25?,32-/m1/s1. The van der Waals surface area contributed by atoms with E-state index in [4.69, 9.17) is 0 Å². The highest BCUT2D eigenvalue weighted by Crippen LogP contribution is 2.41. The van der Waals surface area contributed by atoms with E-state index in [1.165, 1.54) is 35.5 Å². The molecule has 0 heterocycles. The van der Waals surface area contributed by atoms with E-state index in [0.29, 0.717) is 12.0 Å². The van der Waals surface area contributed by atoms with E-state index in [9.17, 15) is 0 Å². The second-order valence-electron chi connectivity index (χ2n) is 10.8. The average molecular weight is 461 g/mol. The summed E-state index contributed by atoms with van der Waals surface area (Å²) < 4.78 is 0. The molecule has 0 spiro atoms. The number of rotatable bonds is 6. The van der Waals surface area contributed by atoms with Gasteiger partial charge in [0, 0.05) is 34.5 Å². The van der Waals surface area contributed by atoms with Gasteiger partial charge in [0.25, 0.3) is 0 Å². The van der Waals surface area contributed by atoms with Crippen molar-refractivity contribution in [2.45, 2.75) is 52.0 Å². The molecule has 178 valence electrons. The number of para-hydroxylation sites is 2. The average Bonchev–Trinajstić information content (AvgIpc) is 2.88. The fourth-order valence-corrected chi connectivity index (χ4v) is 5.05. The molecule has 1 unspecified atom stereocenters. The van der Waals surface area contributed by atoms with Crippen LogP contribution in [-0.2, 0) is 5.41 Å². The Kier molecular flexibility index (Phi) is 6.38. The van der Waals surface area contributed by atoms with Gasteiger partial charge in [0.1, 0.15) is 0 Å². The Morgan fingerprint density at radius 1 is 0.543 bits per heavy atom. The molecular weight excluding hydrogens is 424 g/mol. The van der Waals surface area contributed by atoms with Crippen molar-refractivity contribution in [1.29, 1.82) is 0 Å². The van der Waals surface area contributed by atoms with E-state index in [-0.39, 0.29) is 5.41 Å². The molecule has 0 bridgehead atoms. The van der Waals surface area contributed by atoms with Crippen molar-refractivity contribution in [2.24, 2.45) is 5.92 Å². The monoisotopic (exact) mass is 460 g/mol. The minimum atomic E-state index is 0.136. The largest absolute Gasteiger partial charge is 0.338 e. The predicted octanol–water partition coefficient (Wildman–Crippen LogP) is 9.39. The molecule has 0 amide bonds. The zero-order valence-electron chi connectivity index (χ0n) is 21.4. The quantitative estimate of drug-likeness (QED) is 0.283. The van der Waals surface area contributed by atoms with Crippen LogP contribution in [0, 0.1) is 5.92 Å². The smallest absolute Gasteiger partial charge is 0.0463 e. The third-order valence-electron chi connectivity index (χ3n) is 7.33. The summed E-state index contributed by atoms with van der Waals surface area (Å²) in [5.74, 6) is 0.706. The Bertz CT molecular complexity index is 1220. The van der Waals surface area contributed by atoms with Crippen LogP contribution in [0.5, 0.6) is 0 Å². The van der Waals surface area contributed by atoms with Crippen molar-refractivity contribution in [3.63, 3.8) is 0 Å². The van der Waals surface area contributed by atoms with E-state index >= 15 is 0 Å². The zero-order chi connectivity index (χ0) is 24.4. The molecule has 2 atom stereocenters. The van der Waals surface area contributed by atoms with Crippen LogP contribution < -0.4 is 9.80 Å². The number of hydrogen-bond donors (Lipinski definition) is 0. The first-order chi connectivity index (χ1) is 16.9. The molecule has 1 aliphatic rings. The summed E-state index contributed by atoms with van der Waals surface area (Å²) in [6.45, 7) is 9.16. The Hall–Kier alpha value is -3.52. The van der Waals surface area contributed by atoms with Crippen LogP contribution in [0.2, 0.25) is 0 Å². The van der Waals surface area contributed by atoms with Crippen LogP contribution in [0.4, 0.5) is 28.4 Å². The van der Waals surface area contributed by atoms with Crippen LogP contribution in [0.1, 0.15) is 46.1 Å². The van der Waals surface area contributed by atoms with Crippen molar-refractivity contribution < 1.29 is 0 Å². The van der Waals surface area contributed by atoms with Crippen molar-refractivity contribution in [1.82, 2.24) is 0 Å². The summed E-state index contributed by atoms with van der Waals surface area (Å²) in [5, 5.41) is 0. The first-order valence-electron chi connectivity index (χ1n) is 12.8. The SMILES string of the molecule is CC1CC[C@H]1N(c1ccccc1)c1ccc(N(c2ccccc2)c2ccc(C(C)(C)C)cc2)cc1. The van der Waals surface area contributed by atoms with Crippen LogP contribution in [0.3, 0.4) is 0 Å². The second kappa shape index (κ2) is 9.62. The van der Waals surface area contributed by atoms with Crippen molar-refractivity contribution in [2.75, 3.05) is 9.80 Å². The van der Waals surface area contributed by atoms with E-state index < -0.39 is 0 Å². The van der Waals surface area contributed by atoms with Crippen molar-refractivity contribution in [3.8, 4) is 0 Å². The molecule has 4 aromatic carbocycles. The summed E-state index contributed by atoms with van der Waals surface area (Å²) in [6, 6.07) is 40.1. The molecular formula is C33H36N2. The number of nitrogens with zero attached hydrogens (tertiary/aromatic N) is 2. The van der Waals surface area contributed by atoms with Gasteiger partial charge in [-0.2, -0.15) is 0 Å². The van der Waals surface area contributed by atoms with Crippen LogP contribution >= 0.6 is 0 Å². The Labute approximate surface area is 210 Å². The predicted molar refractivity (Wildman–Crippen MR) is 151 cm³/mol. The topological polar surface area (TPSA) is 6.48 Å². The highest BCUT2D eigenvalue weighted by Gasteiger charge is 2.33. The maximum atomic E-state index is 2.53. The van der Waals surface area contributed by atoms with Gasteiger partial charge >= 0.3 is 0 Å². The van der Waals surface area contributed by atoms with E-state index in [1.54, 1.807) is 0 Å². The molecule has 1 fully saturated rings. The van der Waals surface area contributed by atoms with Crippen molar-refractivity contribution in [3.05, 3.63) is 115 Å².